The molecular formula is C15H19FO2. The Labute approximate surface area is 107 Å². The van der Waals surface area contributed by atoms with Gasteiger partial charge in [0.15, 0.2) is 0 Å². The van der Waals surface area contributed by atoms with Gasteiger partial charge in [0.05, 0.1) is 6.42 Å². The van der Waals surface area contributed by atoms with Crippen LogP contribution in [0.15, 0.2) is 24.3 Å². The lowest BCUT2D eigenvalue weighted by Gasteiger charge is -2.29. The molecule has 1 aliphatic carbocycles. The largest absolute Gasteiger partial charge is 0.481 e. The molecule has 0 saturated heterocycles. The first kappa shape index (κ1) is 13.1. The predicted molar refractivity (Wildman–Crippen MR) is 68.0 cm³/mol. The van der Waals surface area contributed by atoms with E-state index in [2.05, 4.69) is 0 Å². The summed E-state index contributed by atoms with van der Waals surface area (Å²) >= 11 is 0. The third-order valence-corrected chi connectivity index (χ3v) is 3.91. The number of halogens is 1. The molecule has 3 heteroatoms. The molecule has 1 N–H and O–H groups in total. The first-order valence-electron chi connectivity index (χ1n) is 6.64. The van der Waals surface area contributed by atoms with Gasteiger partial charge < -0.3 is 5.11 Å². The van der Waals surface area contributed by atoms with Crippen molar-refractivity contribution < 1.29 is 14.3 Å². The quantitative estimate of drug-likeness (QED) is 0.878. The van der Waals surface area contributed by atoms with Crippen molar-refractivity contribution in [1.29, 1.82) is 0 Å². The Kier molecular flexibility index (Phi) is 4.34. The molecule has 0 spiro atoms. The van der Waals surface area contributed by atoms with Crippen LogP contribution in [0.4, 0.5) is 4.39 Å². The molecule has 1 atom stereocenters. The highest BCUT2D eigenvalue weighted by atomic mass is 19.1. The van der Waals surface area contributed by atoms with Gasteiger partial charge in [-0.25, -0.2) is 4.39 Å². The van der Waals surface area contributed by atoms with Crippen molar-refractivity contribution in [2.45, 2.75) is 44.4 Å². The fraction of sp³-hybridized carbons (Fsp3) is 0.533. The van der Waals surface area contributed by atoms with Crippen LogP contribution in [0.2, 0.25) is 0 Å². The second-order valence-corrected chi connectivity index (χ2v) is 5.15. The highest BCUT2D eigenvalue weighted by molar-refractivity contribution is 5.68. The first-order chi connectivity index (χ1) is 8.66. The molecule has 0 aliphatic heterocycles. The van der Waals surface area contributed by atoms with E-state index in [1.807, 2.05) is 0 Å². The van der Waals surface area contributed by atoms with E-state index in [0.717, 1.165) is 18.4 Å². The molecular weight excluding hydrogens is 231 g/mol. The van der Waals surface area contributed by atoms with Gasteiger partial charge in [-0.1, -0.05) is 31.4 Å². The summed E-state index contributed by atoms with van der Waals surface area (Å²) in [7, 11) is 0. The van der Waals surface area contributed by atoms with Crippen molar-refractivity contribution in [3.63, 3.8) is 0 Å². The number of benzene rings is 1. The molecule has 0 aromatic heterocycles. The van der Waals surface area contributed by atoms with Crippen LogP contribution in [-0.4, -0.2) is 11.1 Å². The van der Waals surface area contributed by atoms with Gasteiger partial charge in [0.2, 0.25) is 0 Å². The smallest absolute Gasteiger partial charge is 0.303 e. The molecule has 0 unspecified atom stereocenters. The average molecular weight is 250 g/mol. The molecule has 0 amide bonds. The van der Waals surface area contributed by atoms with Gasteiger partial charge >= 0.3 is 5.97 Å². The van der Waals surface area contributed by atoms with E-state index in [4.69, 9.17) is 5.11 Å². The van der Waals surface area contributed by atoms with Crippen molar-refractivity contribution >= 4 is 5.97 Å². The molecule has 1 aromatic rings. The number of hydrogen-bond acceptors (Lipinski definition) is 1. The Balaban J connectivity index is 2.17. The highest BCUT2D eigenvalue weighted by Gasteiger charge is 2.26. The number of carbonyl (C=O) groups is 1. The molecule has 1 saturated carbocycles. The number of carboxylic acids is 1. The van der Waals surface area contributed by atoms with Crippen LogP contribution in [0.1, 0.15) is 50.0 Å². The molecule has 0 bridgehead atoms. The van der Waals surface area contributed by atoms with Crippen LogP contribution in [0.5, 0.6) is 0 Å². The van der Waals surface area contributed by atoms with E-state index in [9.17, 15) is 9.18 Å². The van der Waals surface area contributed by atoms with Gasteiger partial charge in [-0.3, -0.25) is 4.79 Å². The standard InChI is InChI=1S/C15H19FO2/c16-13-8-6-12(7-9-13)14(10-15(17)18)11-4-2-1-3-5-11/h6-9,11,14H,1-5,10H2,(H,17,18)/t14-/m0/s1. The number of aliphatic carboxylic acids is 1. The summed E-state index contributed by atoms with van der Waals surface area (Å²) in [4.78, 5) is 11.0. The minimum Gasteiger partial charge on any atom is -0.481 e. The zero-order valence-electron chi connectivity index (χ0n) is 10.4. The maximum absolute atomic E-state index is 12.9. The summed E-state index contributed by atoms with van der Waals surface area (Å²) in [5.74, 6) is -0.574. The van der Waals surface area contributed by atoms with Crippen molar-refractivity contribution in [1.82, 2.24) is 0 Å². The summed E-state index contributed by atoms with van der Waals surface area (Å²) in [6.45, 7) is 0. The zero-order chi connectivity index (χ0) is 13.0. The number of carboxylic acid groups (broad SMARTS) is 1. The predicted octanol–water partition coefficient (Wildman–Crippen LogP) is 3.96. The van der Waals surface area contributed by atoms with Crippen LogP contribution >= 0.6 is 0 Å². The number of hydrogen-bond donors (Lipinski definition) is 1. The Morgan fingerprint density at radius 1 is 1.22 bits per heavy atom. The Morgan fingerprint density at radius 3 is 2.39 bits per heavy atom. The van der Waals surface area contributed by atoms with E-state index in [-0.39, 0.29) is 18.2 Å². The summed E-state index contributed by atoms with van der Waals surface area (Å²) in [6, 6.07) is 6.31. The van der Waals surface area contributed by atoms with E-state index < -0.39 is 5.97 Å². The van der Waals surface area contributed by atoms with E-state index >= 15 is 0 Å². The van der Waals surface area contributed by atoms with Crippen molar-refractivity contribution in [2.24, 2.45) is 5.92 Å². The normalized spacial score (nSPS) is 18.5. The first-order valence-corrected chi connectivity index (χ1v) is 6.64. The van der Waals surface area contributed by atoms with Crippen molar-refractivity contribution in [3.8, 4) is 0 Å². The molecule has 18 heavy (non-hydrogen) atoms. The SMILES string of the molecule is O=C(O)C[C@H](c1ccc(F)cc1)C1CCCCC1. The van der Waals surface area contributed by atoms with Gasteiger partial charge in [0.1, 0.15) is 5.82 Å². The second-order valence-electron chi connectivity index (χ2n) is 5.15. The lowest BCUT2D eigenvalue weighted by atomic mass is 9.75. The zero-order valence-corrected chi connectivity index (χ0v) is 10.4. The third kappa shape index (κ3) is 3.31. The average Bonchev–Trinajstić information content (AvgIpc) is 2.38. The Bertz CT molecular complexity index is 393. The van der Waals surface area contributed by atoms with Crippen LogP contribution in [0.25, 0.3) is 0 Å². The fourth-order valence-corrected chi connectivity index (χ4v) is 2.99. The molecule has 0 heterocycles. The molecule has 0 radical (unpaired) electrons. The van der Waals surface area contributed by atoms with Crippen molar-refractivity contribution in [2.75, 3.05) is 0 Å². The monoisotopic (exact) mass is 250 g/mol. The molecule has 2 rings (SSSR count). The minimum absolute atomic E-state index is 0.0309. The third-order valence-electron chi connectivity index (χ3n) is 3.91. The Hall–Kier alpha value is -1.38. The second kappa shape index (κ2) is 5.98. The van der Waals surface area contributed by atoms with Gasteiger partial charge in [0.25, 0.3) is 0 Å². The maximum Gasteiger partial charge on any atom is 0.303 e. The van der Waals surface area contributed by atoms with Gasteiger partial charge in [-0.2, -0.15) is 0 Å². The number of rotatable bonds is 4. The lowest BCUT2D eigenvalue weighted by molar-refractivity contribution is -0.137. The van der Waals surface area contributed by atoms with Crippen LogP contribution in [-0.2, 0) is 4.79 Å². The Morgan fingerprint density at radius 2 is 1.83 bits per heavy atom. The topological polar surface area (TPSA) is 37.3 Å². The summed E-state index contributed by atoms with van der Waals surface area (Å²) in [5, 5.41) is 9.06. The molecule has 1 fully saturated rings. The van der Waals surface area contributed by atoms with E-state index in [0.29, 0.717) is 5.92 Å². The van der Waals surface area contributed by atoms with Gasteiger partial charge in [0, 0.05) is 0 Å². The summed E-state index contributed by atoms with van der Waals surface area (Å²) in [6.07, 6.45) is 5.95. The van der Waals surface area contributed by atoms with Crippen molar-refractivity contribution in [3.05, 3.63) is 35.6 Å². The van der Waals surface area contributed by atoms with Gasteiger partial charge in [-0.15, -0.1) is 0 Å². The minimum atomic E-state index is -0.769. The van der Waals surface area contributed by atoms with Crippen LogP contribution < -0.4 is 0 Å². The summed E-state index contributed by atoms with van der Waals surface area (Å²) < 4.78 is 12.9. The molecule has 98 valence electrons. The van der Waals surface area contributed by atoms with Crippen LogP contribution in [0, 0.1) is 11.7 Å². The van der Waals surface area contributed by atoms with E-state index in [1.165, 1.54) is 31.4 Å². The lowest BCUT2D eigenvalue weighted by Crippen LogP contribution is -2.19. The van der Waals surface area contributed by atoms with Crippen LogP contribution in [0.3, 0.4) is 0 Å². The summed E-state index contributed by atoms with van der Waals surface area (Å²) in [5.41, 5.74) is 0.964. The molecule has 1 aromatic carbocycles. The van der Waals surface area contributed by atoms with Gasteiger partial charge in [-0.05, 0) is 42.4 Å². The molecule has 1 aliphatic rings. The molecule has 2 nitrogen and oxygen atoms in total. The fourth-order valence-electron chi connectivity index (χ4n) is 2.99. The van der Waals surface area contributed by atoms with E-state index in [1.54, 1.807) is 12.1 Å². The maximum atomic E-state index is 12.9. The highest BCUT2D eigenvalue weighted by Crippen LogP contribution is 2.38.